The van der Waals surface area contributed by atoms with Crippen molar-refractivity contribution in [2.24, 2.45) is 17.6 Å². The van der Waals surface area contributed by atoms with Crippen LogP contribution in [0.2, 0.25) is 0 Å². The Morgan fingerprint density at radius 3 is 2.11 bits per heavy atom. The predicted octanol–water partition coefficient (Wildman–Crippen LogP) is 2.25. The third-order valence-corrected chi connectivity index (χ3v) is 4.76. The van der Waals surface area contributed by atoms with Gasteiger partial charge in [-0.15, -0.1) is 0 Å². The summed E-state index contributed by atoms with van der Waals surface area (Å²) in [7, 11) is 0. The zero-order chi connectivity index (χ0) is 13.1. The molecule has 0 aromatic heterocycles. The first-order valence-electron chi connectivity index (χ1n) is 7.69. The topological polar surface area (TPSA) is 38.5 Å². The molecule has 0 radical (unpaired) electrons. The highest BCUT2D eigenvalue weighted by molar-refractivity contribution is 4.87. The van der Waals surface area contributed by atoms with Gasteiger partial charge in [0.25, 0.3) is 0 Å². The summed E-state index contributed by atoms with van der Waals surface area (Å²) in [4.78, 5) is 2.60. The fourth-order valence-corrected chi connectivity index (χ4v) is 3.80. The van der Waals surface area contributed by atoms with Crippen LogP contribution in [0.5, 0.6) is 0 Å². The average molecular weight is 254 g/mol. The van der Waals surface area contributed by atoms with Crippen molar-refractivity contribution in [3.8, 4) is 0 Å². The van der Waals surface area contributed by atoms with Crippen molar-refractivity contribution in [2.75, 3.05) is 19.6 Å². The minimum atomic E-state index is 0.352. The molecule has 18 heavy (non-hydrogen) atoms. The molecule has 2 aliphatic rings. The van der Waals surface area contributed by atoms with Gasteiger partial charge in [-0.25, -0.2) is 0 Å². The third kappa shape index (κ3) is 3.46. The maximum Gasteiger partial charge on any atom is 0.0678 e. The fourth-order valence-electron chi connectivity index (χ4n) is 3.80. The van der Waals surface area contributed by atoms with Crippen LogP contribution in [-0.2, 0) is 4.74 Å². The molecule has 3 unspecified atom stereocenters. The number of rotatable bonds is 3. The first kappa shape index (κ1) is 14.3. The van der Waals surface area contributed by atoms with Crippen molar-refractivity contribution in [1.29, 1.82) is 0 Å². The van der Waals surface area contributed by atoms with E-state index in [2.05, 4.69) is 25.7 Å². The molecule has 1 saturated carbocycles. The molecule has 2 fully saturated rings. The number of morpholine rings is 1. The highest BCUT2D eigenvalue weighted by Crippen LogP contribution is 2.33. The molecular weight excluding hydrogens is 224 g/mol. The van der Waals surface area contributed by atoms with Gasteiger partial charge in [-0.3, -0.25) is 4.90 Å². The largest absolute Gasteiger partial charge is 0.373 e. The lowest BCUT2D eigenvalue weighted by Crippen LogP contribution is -2.55. The van der Waals surface area contributed by atoms with Gasteiger partial charge in [-0.1, -0.05) is 19.8 Å². The number of hydrogen-bond donors (Lipinski definition) is 1. The van der Waals surface area contributed by atoms with Gasteiger partial charge in [-0.05, 0) is 38.5 Å². The van der Waals surface area contributed by atoms with Gasteiger partial charge < -0.3 is 10.5 Å². The summed E-state index contributed by atoms with van der Waals surface area (Å²) in [5.41, 5.74) is 6.08. The summed E-state index contributed by atoms with van der Waals surface area (Å²) in [6.45, 7) is 9.65. The summed E-state index contributed by atoms with van der Waals surface area (Å²) in [6.07, 6.45) is 6.20. The summed E-state index contributed by atoms with van der Waals surface area (Å²) >= 11 is 0. The second-order valence-electron chi connectivity index (χ2n) is 6.53. The zero-order valence-corrected chi connectivity index (χ0v) is 12.3. The molecule has 3 heteroatoms. The third-order valence-electron chi connectivity index (χ3n) is 4.76. The molecular formula is C15H30N2O. The number of hydrogen-bond acceptors (Lipinski definition) is 3. The van der Waals surface area contributed by atoms with E-state index in [0.29, 0.717) is 18.2 Å². The molecule has 1 saturated heterocycles. The van der Waals surface area contributed by atoms with E-state index in [4.69, 9.17) is 10.5 Å². The van der Waals surface area contributed by atoms with Crippen molar-refractivity contribution in [3.63, 3.8) is 0 Å². The Labute approximate surface area is 112 Å². The number of ether oxygens (including phenoxy) is 1. The molecule has 0 bridgehead atoms. The molecule has 0 spiro atoms. The van der Waals surface area contributed by atoms with E-state index in [9.17, 15) is 0 Å². The van der Waals surface area contributed by atoms with Crippen LogP contribution in [0.15, 0.2) is 0 Å². The fraction of sp³-hybridized carbons (Fsp3) is 1.00. The summed E-state index contributed by atoms with van der Waals surface area (Å²) < 4.78 is 5.83. The van der Waals surface area contributed by atoms with Crippen LogP contribution in [0.1, 0.15) is 46.5 Å². The second-order valence-corrected chi connectivity index (χ2v) is 6.53. The van der Waals surface area contributed by atoms with E-state index in [1.165, 1.54) is 25.7 Å². The molecule has 0 aromatic rings. The van der Waals surface area contributed by atoms with E-state index in [1.54, 1.807) is 0 Å². The highest BCUT2D eigenvalue weighted by atomic mass is 16.5. The van der Waals surface area contributed by atoms with E-state index in [-0.39, 0.29) is 0 Å². The van der Waals surface area contributed by atoms with Crippen LogP contribution in [0.3, 0.4) is 0 Å². The Kier molecular flexibility index (Phi) is 5.05. The highest BCUT2D eigenvalue weighted by Gasteiger charge is 2.33. The molecule has 2 rings (SSSR count). The summed E-state index contributed by atoms with van der Waals surface area (Å²) in [6, 6.07) is 0.575. The molecule has 1 heterocycles. The van der Waals surface area contributed by atoms with Crippen molar-refractivity contribution in [2.45, 2.75) is 64.7 Å². The van der Waals surface area contributed by atoms with Crippen LogP contribution < -0.4 is 5.73 Å². The van der Waals surface area contributed by atoms with Crippen LogP contribution in [-0.4, -0.2) is 42.8 Å². The molecule has 3 atom stereocenters. The van der Waals surface area contributed by atoms with E-state index in [0.717, 1.165) is 31.5 Å². The molecule has 0 amide bonds. The van der Waals surface area contributed by atoms with Crippen LogP contribution in [0.4, 0.5) is 0 Å². The minimum Gasteiger partial charge on any atom is -0.373 e. The zero-order valence-electron chi connectivity index (χ0n) is 12.3. The smallest absolute Gasteiger partial charge is 0.0678 e. The van der Waals surface area contributed by atoms with Crippen molar-refractivity contribution >= 4 is 0 Å². The molecule has 1 aliphatic carbocycles. The lowest BCUT2D eigenvalue weighted by Gasteiger charge is -2.44. The van der Waals surface area contributed by atoms with Crippen LogP contribution in [0.25, 0.3) is 0 Å². The van der Waals surface area contributed by atoms with Crippen molar-refractivity contribution in [3.05, 3.63) is 0 Å². The minimum absolute atomic E-state index is 0.352. The second kappa shape index (κ2) is 6.36. The van der Waals surface area contributed by atoms with E-state index >= 15 is 0 Å². The van der Waals surface area contributed by atoms with Crippen LogP contribution in [0, 0.1) is 11.8 Å². The number of nitrogens with two attached hydrogens (primary N) is 1. The van der Waals surface area contributed by atoms with E-state index < -0.39 is 0 Å². The Morgan fingerprint density at radius 2 is 1.61 bits per heavy atom. The Balaban J connectivity index is 1.95. The molecule has 1 aliphatic heterocycles. The monoisotopic (exact) mass is 254 g/mol. The van der Waals surface area contributed by atoms with Gasteiger partial charge in [0.2, 0.25) is 0 Å². The normalized spacial score (nSPS) is 40.7. The maximum atomic E-state index is 6.08. The van der Waals surface area contributed by atoms with E-state index in [1.807, 2.05) is 0 Å². The van der Waals surface area contributed by atoms with Gasteiger partial charge in [0.05, 0.1) is 12.2 Å². The lowest BCUT2D eigenvalue weighted by atomic mass is 9.78. The number of nitrogens with zero attached hydrogens (tertiary/aromatic N) is 1. The van der Waals surface area contributed by atoms with Gasteiger partial charge in [0, 0.05) is 25.7 Å². The van der Waals surface area contributed by atoms with Gasteiger partial charge >= 0.3 is 0 Å². The SMILES string of the molecule is CC1CCC(C(CN)N2CC(C)OC(C)C2)CC1. The molecule has 106 valence electrons. The standard InChI is InChI=1S/C15H30N2O/c1-11-4-6-14(7-5-11)15(8-16)17-9-12(2)18-13(3)10-17/h11-15H,4-10,16H2,1-3H3. The Hall–Kier alpha value is -0.120. The molecule has 3 nitrogen and oxygen atoms in total. The van der Waals surface area contributed by atoms with Crippen LogP contribution >= 0.6 is 0 Å². The maximum absolute atomic E-state index is 6.08. The van der Waals surface area contributed by atoms with Gasteiger partial charge in [-0.2, -0.15) is 0 Å². The predicted molar refractivity (Wildman–Crippen MR) is 75.5 cm³/mol. The first-order valence-corrected chi connectivity index (χ1v) is 7.69. The van der Waals surface area contributed by atoms with Gasteiger partial charge in [0.1, 0.15) is 0 Å². The van der Waals surface area contributed by atoms with Gasteiger partial charge in [0.15, 0.2) is 0 Å². The summed E-state index contributed by atoms with van der Waals surface area (Å²) in [5.74, 6) is 1.73. The molecule has 0 aromatic carbocycles. The lowest BCUT2D eigenvalue weighted by molar-refractivity contribution is -0.0880. The average Bonchev–Trinajstić information content (AvgIpc) is 2.31. The quantitative estimate of drug-likeness (QED) is 0.839. The molecule has 2 N–H and O–H groups in total. The van der Waals surface area contributed by atoms with Crippen molar-refractivity contribution < 1.29 is 4.74 Å². The first-order chi connectivity index (χ1) is 8.60. The van der Waals surface area contributed by atoms with Crippen molar-refractivity contribution in [1.82, 2.24) is 4.90 Å². The Morgan fingerprint density at radius 1 is 1.06 bits per heavy atom. The Bertz CT molecular complexity index is 241. The summed E-state index contributed by atoms with van der Waals surface area (Å²) in [5, 5.41) is 0.